The minimum absolute atomic E-state index is 0. The van der Waals surface area contributed by atoms with Crippen molar-refractivity contribution in [1.29, 1.82) is 0 Å². The van der Waals surface area contributed by atoms with Crippen LogP contribution in [-0.2, 0) is 10.1 Å². The predicted molar refractivity (Wildman–Crippen MR) is 39.4 cm³/mol. The second-order valence-corrected chi connectivity index (χ2v) is 3.52. The van der Waals surface area contributed by atoms with Gasteiger partial charge < -0.3 is 15.6 Å². The summed E-state index contributed by atoms with van der Waals surface area (Å²) >= 11 is 4.35. The molecular formula is C3H7N2NaO3S2. The zero-order chi connectivity index (χ0) is 8.20. The van der Waals surface area contributed by atoms with Crippen molar-refractivity contribution >= 4 is 27.4 Å². The van der Waals surface area contributed by atoms with Gasteiger partial charge in [-0.05, 0) is 12.2 Å². The number of thiocarbonyl (C=S) groups is 1. The van der Waals surface area contributed by atoms with Crippen LogP contribution in [0.2, 0.25) is 0 Å². The molecule has 0 amide bonds. The molecule has 3 N–H and O–H groups in total. The van der Waals surface area contributed by atoms with Crippen LogP contribution in [0, 0.1) is 0 Å². The van der Waals surface area contributed by atoms with Crippen LogP contribution in [0.15, 0.2) is 0 Å². The van der Waals surface area contributed by atoms with Crippen LogP contribution in [0.3, 0.4) is 0 Å². The van der Waals surface area contributed by atoms with E-state index in [4.69, 9.17) is 5.73 Å². The summed E-state index contributed by atoms with van der Waals surface area (Å²) in [6.07, 6.45) is 0. The molecular weight excluding hydrogens is 199 g/mol. The molecule has 0 saturated carbocycles. The maximum absolute atomic E-state index is 9.93. The third kappa shape index (κ3) is 13.6. The van der Waals surface area contributed by atoms with Gasteiger partial charge in [-0.2, -0.15) is 0 Å². The van der Waals surface area contributed by atoms with Crippen molar-refractivity contribution in [1.82, 2.24) is 5.32 Å². The summed E-state index contributed by atoms with van der Waals surface area (Å²) in [5, 5.41) is 2.32. The Kier molecular flexibility index (Phi) is 7.91. The van der Waals surface area contributed by atoms with Gasteiger partial charge in [-0.1, -0.05) is 0 Å². The number of hydrogen-bond donors (Lipinski definition) is 2. The zero-order valence-electron chi connectivity index (χ0n) is 6.03. The second kappa shape index (κ2) is 6.15. The monoisotopic (exact) mass is 206 g/mol. The summed E-state index contributed by atoms with van der Waals surface area (Å²) in [5.41, 5.74) is 4.95. The van der Waals surface area contributed by atoms with Crippen molar-refractivity contribution in [2.45, 2.75) is 0 Å². The molecule has 0 saturated heterocycles. The largest absolute Gasteiger partial charge is 1.00 e. The van der Waals surface area contributed by atoms with Crippen LogP contribution >= 0.6 is 12.2 Å². The Morgan fingerprint density at radius 1 is 1.64 bits per heavy atom. The maximum atomic E-state index is 9.93. The van der Waals surface area contributed by atoms with Gasteiger partial charge in [-0.3, -0.25) is 0 Å². The quantitative estimate of drug-likeness (QED) is 0.274. The van der Waals surface area contributed by atoms with Crippen LogP contribution in [0.4, 0.5) is 0 Å². The Balaban J connectivity index is 0. The summed E-state index contributed by atoms with van der Waals surface area (Å²) in [6.45, 7) is -0.0266. The van der Waals surface area contributed by atoms with E-state index >= 15 is 0 Å². The molecule has 0 aliphatic rings. The van der Waals surface area contributed by atoms with E-state index in [2.05, 4.69) is 17.5 Å². The zero-order valence-corrected chi connectivity index (χ0v) is 9.67. The van der Waals surface area contributed by atoms with Gasteiger partial charge in [-0.15, -0.1) is 0 Å². The van der Waals surface area contributed by atoms with E-state index in [1.165, 1.54) is 0 Å². The predicted octanol–water partition coefficient (Wildman–Crippen LogP) is -4.63. The summed E-state index contributed by atoms with van der Waals surface area (Å²) in [5.74, 6) is -0.496. The first kappa shape index (κ1) is 14.1. The van der Waals surface area contributed by atoms with Gasteiger partial charge in [-0.25, -0.2) is 8.42 Å². The summed E-state index contributed by atoms with van der Waals surface area (Å²) in [4.78, 5) is 0. The second-order valence-electron chi connectivity index (χ2n) is 1.55. The Hall–Kier alpha value is 0.600. The van der Waals surface area contributed by atoms with Gasteiger partial charge in [0.15, 0.2) is 5.11 Å². The Morgan fingerprint density at radius 2 is 2.09 bits per heavy atom. The third-order valence-electron chi connectivity index (χ3n) is 0.651. The molecule has 0 aromatic rings. The fraction of sp³-hybridized carbons (Fsp3) is 0.667. The average molecular weight is 206 g/mol. The Labute approximate surface area is 92.8 Å². The van der Waals surface area contributed by atoms with E-state index in [9.17, 15) is 13.0 Å². The van der Waals surface area contributed by atoms with Gasteiger partial charge >= 0.3 is 29.6 Å². The minimum Gasteiger partial charge on any atom is -0.748 e. The van der Waals surface area contributed by atoms with E-state index < -0.39 is 15.9 Å². The first-order valence-electron chi connectivity index (χ1n) is 2.39. The Morgan fingerprint density at radius 3 is 2.36 bits per heavy atom. The SMILES string of the molecule is NC(=S)NCCS(=O)(=O)[O-].[Na+]. The molecule has 0 aromatic heterocycles. The van der Waals surface area contributed by atoms with Gasteiger partial charge in [0.2, 0.25) is 0 Å². The fourth-order valence-corrected chi connectivity index (χ4v) is 0.753. The third-order valence-corrected chi connectivity index (χ3v) is 1.50. The molecule has 0 aliphatic carbocycles. The molecule has 60 valence electrons. The van der Waals surface area contributed by atoms with Gasteiger partial charge in [0.1, 0.15) is 0 Å². The van der Waals surface area contributed by atoms with E-state index in [-0.39, 0.29) is 41.2 Å². The van der Waals surface area contributed by atoms with Crippen LogP contribution in [0.25, 0.3) is 0 Å². The number of hydrogen-bond acceptors (Lipinski definition) is 4. The minimum atomic E-state index is -4.15. The van der Waals surface area contributed by atoms with Gasteiger partial charge in [0, 0.05) is 6.54 Å². The number of nitrogens with two attached hydrogens (primary N) is 1. The summed E-state index contributed by atoms with van der Waals surface area (Å²) in [7, 11) is -4.15. The number of rotatable bonds is 3. The maximum Gasteiger partial charge on any atom is 1.00 e. The molecule has 0 unspecified atom stereocenters. The number of nitrogens with one attached hydrogen (secondary N) is 1. The van der Waals surface area contributed by atoms with Crippen molar-refractivity contribution in [3.63, 3.8) is 0 Å². The molecule has 0 fully saturated rings. The molecule has 0 atom stereocenters. The van der Waals surface area contributed by atoms with Crippen LogP contribution in [0.1, 0.15) is 0 Å². The molecule has 0 aromatic carbocycles. The topological polar surface area (TPSA) is 95.2 Å². The van der Waals surface area contributed by atoms with Crippen LogP contribution < -0.4 is 40.6 Å². The smallest absolute Gasteiger partial charge is 0.748 e. The van der Waals surface area contributed by atoms with Crippen molar-refractivity contribution in [3.05, 3.63) is 0 Å². The fourth-order valence-electron chi connectivity index (χ4n) is 0.299. The summed E-state index contributed by atoms with van der Waals surface area (Å²) < 4.78 is 29.8. The molecule has 0 aliphatic heterocycles. The molecule has 0 spiro atoms. The first-order valence-corrected chi connectivity index (χ1v) is 4.37. The van der Waals surface area contributed by atoms with E-state index in [0.717, 1.165) is 0 Å². The molecule has 11 heavy (non-hydrogen) atoms. The van der Waals surface area contributed by atoms with E-state index in [1.54, 1.807) is 0 Å². The van der Waals surface area contributed by atoms with Crippen molar-refractivity contribution < 1.29 is 42.5 Å². The molecule has 8 heteroatoms. The molecule has 5 nitrogen and oxygen atoms in total. The molecule has 0 rings (SSSR count). The summed E-state index contributed by atoms with van der Waals surface area (Å²) in [6, 6.07) is 0. The van der Waals surface area contributed by atoms with Crippen molar-refractivity contribution in [3.8, 4) is 0 Å². The van der Waals surface area contributed by atoms with Gasteiger partial charge in [0.05, 0.1) is 15.9 Å². The van der Waals surface area contributed by atoms with Crippen LogP contribution in [0.5, 0.6) is 0 Å². The standard InChI is InChI=1S/C3H8N2O3S2.Na/c4-3(9)5-1-2-10(6,7)8;/h1-2H2,(H3,4,5,9)(H,6,7,8);/q;+1/p-1. The van der Waals surface area contributed by atoms with Crippen molar-refractivity contribution in [2.24, 2.45) is 5.73 Å². The van der Waals surface area contributed by atoms with Crippen LogP contribution in [-0.4, -0.2) is 30.4 Å². The molecule has 0 heterocycles. The Bertz CT molecular complexity index is 215. The van der Waals surface area contributed by atoms with Gasteiger partial charge in [0.25, 0.3) is 0 Å². The van der Waals surface area contributed by atoms with E-state index in [1.807, 2.05) is 0 Å². The van der Waals surface area contributed by atoms with E-state index in [0.29, 0.717) is 0 Å². The first-order chi connectivity index (χ1) is 4.42. The normalized spacial score (nSPS) is 9.91. The van der Waals surface area contributed by atoms with Crippen molar-refractivity contribution in [2.75, 3.05) is 12.3 Å². The molecule has 0 bridgehead atoms. The molecule has 0 radical (unpaired) electrons. The average Bonchev–Trinajstić information content (AvgIpc) is 1.59.